The highest BCUT2D eigenvalue weighted by Crippen LogP contribution is 2.29. The molecular weight excluding hydrogens is 272 g/mol. The first-order valence-corrected chi connectivity index (χ1v) is 7.12. The summed E-state index contributed by atoms with van der Waals surface area (Å²) in [6, 6.07) is 12.1. The number of nitrogens with one attached hydrogen (secondary N) is 1. The molecule has 0 saturated heterocycles. The summed E-state index contributed by atoms with van der Waals surface area (Å²) in [7, 11) is 0. The summed E-state index contributed by atoms with van der Waals surface area (Å²) in [5.41, 5.74) is 1.05. The van der Waals surface area contributed by atoms with Crippen LogP contribution < -0.4 is 5.32 Å². The molecule has 3 rings (SSSR count). The van der Waals surface area contributed by atoms with Gasteiger partial charge in [-0.3, -0.25) is 0 Å². The third kappa shape index (κ3) is 2.29. The zero-order chi connectivity index (χ0) is 11.7. The Labute approximate surface area is 112 Å². The Morgan fingerprint density at radius 2 is 2.06 bits per heavy atom. The van der Waals surface area contributed by atoms with Gasteiger partial charge in [0.1, 0.15) is 5.00 Å². The molecule has 1 N–H and O–H groups in total. The quantitative estimate of drug-likeness (QED) is 0.757. The van der Waals surface area contributed by atoms with E-state index in [0.717, 1.165) is 21.4 Å². The number of nitrogens with zero attached hydrogens (tertiary/aromatic N) is 1. The lowest BCUT2D eigenvalue weighted by atomic mass is 10.2. The average molecular weight is 281 g/mol. The first kappa shape index (κ1) is 11.0. The zero-order valence-corrected chi connectivity index (χ0v) is 11.2. The molecule has 0 fully saturated rings. The van der Waals surface area contributed by atoms with Gasteiger partial charge in [-0.2, -0.15) is 4.37 Å². The number of thiophene rings is 1. The van der Waals surface area contributed by atoms with Crippen molar-refractivity contribution in [2.75, 3.05) is 5.32 Å². The minimum atomic E-state index is 0.795. The van der Waals surface area contributed by atoms with Crippen molar-refractivity contribution >= 4 is 50.4 Å². The molecule has 0 amide bonds. The maximum absolute atomic E-state index is 5.90. The van der Waals surface area contributed by atoms with Gasteiger partial charge >= 0.3 is 0 Å². The first-order valence-electron chi connectivity index (χ1n) is 5.15. The number of hydrogen-bond donors (Lipinski definition) is 1. The van der Waals surface area contributed by atoms with E-state index in [0.29, 0.717) is 0 Å². The molecule has 0 unspecified atom stereocenters. The van der Waals surface area contributed by atoms with Crippen LogP contribution in [0.2, 0.25) is 4.34 Å². The van der Waals surface area contributed by atoms with Gasteiger partial charge in [-0.05, 0) is 35.8 Å². The van der Waals surface area contributed by atoms with E-state index in [4.69, 9.17) is 11.6 Å². The van der Waals surface area contributed by atoms with E-state index < -0.39 is 0 Å². The third-order valence-electron chi connectivity index (χ3n) is 2.44. The van der Waals surface area contributed by atoms with E-state index in [1.54, 1.807) is 11.3 Å². The number of rotatable bonds is 3. The molecule has 0 atom stereocenters. The minimum absolute atomic E-state index is 0.795. The van der Waals surface area contributed by atoms with Crippen molar-refractivity contribution in [3.8, 4) is 0 Å². The van der Waals surface area contributed by atoms with Gasteiger partial charge in [0.15, 0.2) is 0 Å². The van der Waals surface area contributed by atoms with Crippen molar-refractivity contribution in [2.24, 2.45) is 0 Å². The molecule has 0 spiro atoms. The number of anilines is 1. The maximum atomic E-state index is 5.90. The van der Waals surface area contributed by atoms with Crippen molar-refractivity contribution in [3.63, 3.8) is 0 Å². The molecule has 2 nitrogen and oxygen atoms in total. The summed E-state index contributed by atoms with van der Waals surface area (Å²) in [6.45, 7) is 0.795. The molecule has 0 bridgehead atoms. The van der Waals surface area contributed by atoms with Gasteiger partial charge in [-0.1, -0.05) is 23.7 Å². The van der Waals surface area contributed by atoms with E-state index in [-0.39, 0.29) is 0 Å². The molecule has 3 aromatic rings. The summed E-state index contributed by atoms with van der Waals surface area (Å²) in [4.78, 5) is 1.23. The molecule has 17 heavy (non-hydrogen) atoms. The second kappa shape index (κ2) is 4.64. The number of halogens is 1. The van der Waals surface area contributed by atoms with E-state index in [1.165, 1.54) is 21.8 Å². The van der Waals surface area contributed by atoms with Gasteiger partial charge in [0.25, 0.3) is 0 Å². The van der Waals surface area contributed by atoms with E-state index in [9.17, 15) is 0 Å². The van der Waals surface area contributed by atoms with Crippen LogP contribution in [0.25, 0.3) is 10.9 Å². The first-order chi connectivity index (χ1) is 8.33. The van der Waals surface area contributed by atoms with Crippen molar-refractivity contribution in [3.05, 3.63) is 45.6 Å². The molecule has 2 heterocycles. The average Bonchev–Trinajstić information content (AvgIpc) is 2.93. The Balaban J connectivity index is 1.81. The van der Waals surface area contributed by atoms with Gasteiger partial charge < -0.3 is 5.32 Å². The second-order valence-corrected chi connectivity index (χ2v) is 6.16. The summed E-state index contributed by atoms with van der Waals surface area (Å²) < 4.78 is 5.22. The fourth-order valence-corrected chi connectivity index (χ4v) is 3.41. The maximum Gasteiger partial charge on any atom is 0.117 e. The predicted molar refractivity (Wildman–Crippen MR) is 76.3 cm³/mol. The van der Waals surface area contributed by atoms with Gasteiger partial charge in [0.2, 0.25) is 0 Å². The highest BCUT2D eigenvalue weighted by Gasteiger charge is 2.05. The van der Waals surface area contributed by atoms with Crippen molar-refractivity contribution < 1.29 is 0 Å². The SMILES string of the molecule is Clc1ccc(CNc2snc3ccccc23)s1. The van der Waals surface area contributed by atoms with Crippen LogP contribution in [0.5, 0.6) is 0 Å². The smallest absolute Gasteiger partial charge is 0.117 e. The molecule has 0 aliphatic rings. The molecule has 0 saturated carbocycles. The lowest BCUT2D eigenvalue weighted by Gasteiger charge is -2.00. The van der Waals surface area contributed by atoms with Crippen LogP contribution in [0.1, 0.15) is 4.88 Å². The third-order valence-corrected chi connectivity index (χ3v) is 4.50. The topological polar surface area (TPSA) is 24.9 Å². The van der Waals surface area contributed by atoms with Crippen molar-refractivity contribution in [2.45, 2.75) is 6.54 Å². The normalized spacial score (nSPS) is 10.9. The molecule has 0 radical (unpaired) electrons. The molecule has 0 aliphatic heterocycles. The summed E-state index contributed by atoms with van der Waals surface area (Å²) in [5.74, 6) is 0. The number of benzene rings is 1. The predicted octanol–water partition coefficient (Wildman–Crippen LogP) is 4.62. The number of aromatic nitrogens is 1. The Morgan fingerprint density at radius 3 is 2.88 bits per heavy atom. The second-order valence-electron chi connectivity index (χ2n) is 3.59. The Hall–Kier alpha value is -1.10. The van der Waals surface area contributed by atoms with Crippen LogP contribution in [0, 0.1) is 0 Å². The van der Waals surface area contributed by atoms with Crippen LogP contribution in [0.3, 0.4) is 0 Å². The fourth-order valence-electron chi connectivity index (χ4n) is 1.63. The largest absolute Gasteiger partial charge is 0.370 e. The van der Waals surface area contributed by atoms with Gasteiger partial charge in [0.05, 0.1) is 16.4 Å². The molecule has 2 aromatic heterocycles. The monoisotopic (exact) mass is 280 g/mol. The van der Waals surface area contributed by atoms with Gasteiger partial charge in [0, 0.05) is 10.3 Å². The van der Waals surface area contributed by atoms with Crippen LogP contribution >= 0.6 is 34.5 Å². The molecule has 1 aromatic carbocycles. The van der Waals surface area contributed by atoms with Crippen molar-refractivity contribution in [1.29, 1.82) is 0 Å². The Kier molecular flexibility index (Phi) is 3.01. The van der Waals surface area contributed by atoms with E-state index >= 15 is 0 Å². The van der Waals surface area contributed by atoms with E-state index in [2.05, 4.69) is 15.8 Å². The Bertz CT molecular complexity index is 645. The molecular formula is C12H9ClN2S2. The molecule has 86 valence electrons. The fraction of sp³-hybridized carbons (Fsp3) is 0.0833. The lowest BCUT2D eigenvalue weighted by molar-refractivity contribution is 1.21. The van der Waals surface area contributed by atoms with Crippen LogP contribution in [0.4, 0.5) is 5.00 Å². The standard InChI is InChI=1S/C12H9ClN2S2/c13-11-6-5-8(16-11)7-14-12-9-3-1-2-4-10(9)15-17-12/h1-6,14H,7H2. The van der Waals surface area contributed by atoms with Gasteiger partial charge in [-0.25, -0.2) is 0 Å². The van der Waals surface area contributed by atoms with Crippen molar-refractivity contribution in [1.82, 2.24) is 4.37 Å². The number of fused-ring (bicyclic) bond motifs is 1. The Morgan fingerprint density at radius 1 is 1.18 bits per heavy atom. The van der Waals surface area contributed by atoms with Crippen LogP contribution in [-0.2, 0) is 6.54 Å². The van der Waals surface area contributed by atoms with Gasteiger partial charge in [-0.15, -0.1) is 11.3 Å². The lowest BCUT2D eigenvalue weighted by Crippen LogP contribution is -1.94. The summed E-state index contributed by atoms with van der Waals surface area (Å²) in [5, 5.41) is 5.70. The summed E-state index contributed by atoms with van der Waals surface area (Å²) >= 11 is 9.00. The zero-order valence-electron chi connectivity index (χ0n) is 8.81. The minimum Gasteiger partial charge on any atom is -0.370 e. The number of hydrogen-bond acceptors (Lipinski definition) is 4. The highest BCUT2D eigenvalue weighted by molar-refractivity contribution is 7.16. The molecule has 5 heteroatoms. The summed E-state index contributed by atoms with van der Waals surface area (Å²) in [6.07, 6.45) is 0. The van der Waals surface area contributed by atoms with E-state index in [1.807, 2.05) is 30.3 Å². The van der Waals surface area contributed by atoms with Crippen LogP contribution in [0.15, 0.2) is 36.4 Å². The van der Waals surface area contributed by atoms with Crippen LogP contribution in [-0.4, -0.2) is 4.37 Å². The molecule has 0 aliphatic carbocycles. The highest BCUT2D eigenvalue weighted by atomic mass is 35.5.